The molecule has 6 nitrogen and oxygen atoms in total. The molecular weight excluding hydrogens is 366 g/mol. The van der Waals surface area contributed by atoms with Gasteiger partial charge in [-0.2, -0.15) is 8.42 Å². The van der Waals surface area contributed by atoms with E-state index in [2.05, 4.69) is 26.1 Å². The van der Waals surface area contributed by atoms with Crippen LogP contribution in [-0.2, 0) is 23.3 Å². The highest BCUT2D eigenvalue weighted by Crippen LogP contribution is 2.27. The summed E-state index contributed by atoms with van der Waals surface area (Å²) in [6.07, 6.45) is 0.715. The fourth-order valence-corrected chi connectivity index (χ4v) is 2.14. The molecule has 0 aliphatic carbocycles. The van der Waals surface area contributed by atoms with Crippen LogP contribution in [0.2, 0.25) is 0 Å². The molecule has 0 bridgehead atoms. The van der Waals surface area contributed by atoms with Gasteiger partial charge in [0.05, 0.1) is 12.9 Å². The molecule has 0 heterocycles. The van der Waals surface area contributed by atoms with Crippen LogP contribution in [-0.4, -0.2) is 29.9 Å². The van der Waals surface area contributed by atoms with Crippen molar-refractivity contribution in [2.75, 3.05) is 6.26 Å². The number of ether oxygens (including phenoxy) is 1. The van der Waals surface area contributed by atoms with Crippen molar-refractivity contribution in [3.8, 4) is 11.5 Å². The number of hydrogen-bond acceptors (Lipinski definition) is 5. The average Bonchev–Trinajstić information content (AvgIpc) is 2.53. The van der Waals surface area contributed by atoms with Gasteiger partial charge >= 0.3 is 0 Å². The third-order valence-corrected chi connectivity index (χ3v) is 3.48. The molecule has 0 amide bonds. The van der Waals surface area contributed by atoms with E-state index in [1.54, 1.807) is 0 Å². The minimum atomic E-state index is -3.67. The number of nitrogens with one attached hydrogen (secondary N) is 1. The van der Waals surface area contributed by atoms with Gasteiger partial charge in [-0.15, -0.1) is 0 Å². The van der Waals surface area contributed by atoms with E-state index in [1.165, 1.54) is 0 Å². The number of para-hydroxylation sites is 1. The summed E-state index contributed by atoms with van der Waals surface area (Å²) in [4.78, 5) is 0. The SMILES string of the molecule is CS(=O)(=O)O.Cc1ccccc1Oc1ccc(CO)c(CNC(C)(C)C)c1. The summed E-state index contributed by atoms with van der Waals surface area (Å²) >= 11 is 0. The number of rotatable bonds is 5. The van der Waals surface area contributed by atoms with Crippen molar-refractivity contribution in [2.45, 2.75) is 46.4 Å². The van der Waals surface area contributed by atoms with Crippen molar-refractivity contribution in [1.29, 1.82) is 0 Å². The summed E-state index contributed by atoms with van der Waals surface area (Å²) in [5.74, 6) is 1.64. The van der Waals surface area contributed by atoms with Crippen molar-refractivity contribution < 1.29 is 22.8 Å². The first-order valence-electron chi connectivity index (χ1n) is 8.52. The quantitative estimate of drug-likeness (QED) is 0.669. The number of aliphatic hydroxyl groups excluding tert-OH is 1. The number of benzene rings is 2. The Morgan fingerprint density at radius 3 is 2.19 bits per heavy atom. The zero-order valence-corrected chi connectivity index (χ0v) is 17.3. The highest BCUT2D eigenvalue weighted by molar-refractivity contribution is 7.85. The Balaban J connectivity index is 0.000000646. The first-order chi connectivity index (χ1) is 12.4. The monoisotopic (exact) mass is 395 g/mol. The number of aryl methyl sites for hydroxylation is 1. The molecule has 150 valence electrons. The number of aliphatic hydroxyl groups is 1. The lowest BCUT2D eigenvalue weighted by Crippen LogP contribution is -2.35. The molecule has 0 aliphatic heterocycles. The maximum atomic E-state index is 9.50. The topological polar surface area (TPSA) is 95.9 Å². The van der Waals surface area contributed by atoms with Gasteiger partial charge in [0.2, 0.25) is 0 Å². The van der Waals surface area contributed by atoms with Crippen LogP contribution in [0.4, 0.5) is 0 Å². The molecule has 2 aromatic rings. The molecule has 0 aromatic heterocycles. The molecule has 7 heteroatoms. The third kappa shape index (κ3) is 10.1. The van der Waals surface area contributed by atoms with Gasteiger partial charge in [-0.3, -0.25) is 4.55 Å². The predicted molar refractivity (Wildman–Crippen MR) is 108 cm³/mol. The molecular formula is C20H29NO5S. The van der Waals surface area contributed by atoms with Crippen molar-refractivity contribution in [1.82, 2.24) is 5.32 Å². The van der Waals surface area contributed by atoms with E-state index in [9.17, 15) is 13.5 Å². The smallest absolute Gasteiger partial charge is 0.261 e. The van der Waals surface area contributed by atoms with E-state index in [4.69, 9.17) is 9.29 Å². The molecule has 27 heavy (non-hydrogen) atoms. The van der Waals surface area contributed by atoms with Crippen molar-refractivity contribution in [3.63, 3.8) is 0 Å². The molecule has 0 aliphatic rings. The highest BCUT2D eigenvalue weighted by atomic mass is 32.2. The Labute approximate surface area is 162 Å². The predicted octanol–water partition coefficient (Wildman–Crippen LogP) is 3.67. The van der Waals surface area contributed by atoms with Crippen LogP contribution in [0.15, 0.2) is 42.5 Å². The van der Waals surface area contributed by atoms with Crippen LogP contribution < -0.4 is 10.1 Å². The summed E-state index contributed by atoms with van der Waals surface area (Å²) in [5, 5.41) is 13.0. The Morgan fingerprint density at radius 2 is 1.67 bits per heavy atom. The summed E-state index contributed by atoms with van der Waals surface area (Å²) in [7, 11) is -3.67. The summed E-state index contributed by atoms with van der Waals surface area (Å²) in [6, 6.07) is 13.8. The molecule has 2 aromatic carbocycles. The Kier molecular flexibility index (Phi) is 8.43. The standard InChI is InChI=1S/C19H25NO2.CH4O3S/c1-14-7-5-6-8-18(14)22-17-10-9-15(13-21)16(11-17)12-20-19(2,3)4;1-5(2,3)4/h5-11,20-21H,12-13H2,1-4H3;1H3,(H,2,3,4). The lowest BCUT2D eigenvalue weighted by Gasteiger charge is -2.22. The average molecular weight is 396 g/mol. The summed E-state index contributed by atoms with van der Waals surface area (Å²) in [6.45, 7) is 9.13. The van der Waals surface area contributed by atoms with Gasteiger partial charge in [-0.05, 0) is 62.6 Å². The van der Waals surface area contributed by atoms with Crippen LogP contribution in [0.25, 0.3) is 0 Å². The highest BCUT2D eigenvalue weighted by Gasteiger charge is 2.11. The molecule has 0 spiro atoms. The van der Waals surface area contributed by atoms with Crippen LogP contribution in [0.1, 0.15) is 37.5 Å². The molecule has 0 unspecified atom stereocenters. The molecule has 0 atom stereocenters. The molecule has 0 fully saturated rings. The molecule has 0 saturated heterocycles. The zero-order chi connectivity index (χ0) is 20.7. The first-order valence-corrected chi connectivity index (χ1v) is 10.4. The van der Waals surface area contributed by atoms with Gasteiger partial charge in [0, 0.05) is 12.1 Å². The zero-order valence-electron chi connectivity index (χ0n) is 16.5. The lowest BCUT2D eigenvalue weighted by atomic mass is 10.0. The van der Waals surface area contributed by atoms with Gasteiger partial charge in [-0.25, -0.2) is 0 Å². The molecule has 3 N–H and O–H groups in total. The second kappa shape index (κ2) is 9.85. The fraction of sp³-hybridized carbons (Fsp3) is 0.400. The molecule has 2 rings (SSSR count). The Morgan fingerprint density at radius 1 is 1.07 bits per heavy atom. The lowest BCUT2D eigenvalue weighted by molar-refractivity contribution is 0.279. The van der Waals surface area contributed by atoms with E-state index in [0.29, 0.717) is 12.8 Å². The van der Waals surface area contributed by atoms with Gasteiger partial charge in [0.25, 0.3) is 10.1 Å². The maximum Gasteiger partial charge on any atom is 0.261 e. The Bertz CT molecular complexity index is 834. The summed E-state index contributed by atoms with van der Waals surface area (Å²) in [5.41, 5.74) is 3.11. The van der Waals surface area contributed by atoms with Gasteiger partial charge in [0.1, 0.15) is 11.5 Å². The van der Waals surface area contributed by atoms with E-state index in [1.807, 2.05) is 49.4 Å². The van der Waals surface area contributed by atoms with Crippen LogP contribution >= 0.6 is 0 Å². The molecule has 0 radical (unpaired) electrons. The van der Waals surface area contributed by atoms with Crippen molar-refractivity contribution in [3.05, 3.63) is 59.2 Å². The first kappa shape index (κ1) is 23.1. The van der Waals surface area contributed by atoms with E-state index in [-0.39, 0.29) is 12.1 Å². The minimum absolute atomic E-state index is 0.0274. The van der Waals surface area contributed by atoms with Crippen LogP contribution in [0.5, 0.6) is 11.5 Å². The van der Waals surface area contributed by atoms with Gasteiger partial charge in [0.15, 0.2) is 0 Å². The van der Waals surface area contributed by atoms with E-state index in [0.717, 1.165) is 28.2 Å². The number of hydrogen-bond donors (Lipinski definition) is 3. The summed E-state index contributed by atoms with van der Waals surface area (Å²) < 4.78 is 31.8. The second-order valence-electron chi connectivity index (χ2n) is 7.29. The van der Waals surface area contributed by atoms with Crippen LogP contribution in [0, 0.1) is 6.92 Å². The fourth-order valence-electron chi connectivity index (χ4n) is 2.14. The largest absolute Gasteiger partial charge is 0.457 e. The van der Waals surface area contributed by atoms with E-state index >= 15 is 0 Å². The van der Waals surface area contributed by atoms with Gasteiger partial charge < -0.3 is 15.2 Å². The van der Waals surface area contributed by atoms with Crippen molar-refractivity contribution >= 4 is 10.1 Å². The second-order valence-corrected chi connectivity index (χ2v) is 8.76. The molecule has 0 saturated carbocycles. The minimum Gasteiger partial charge on any atom is -0.457 e. The third-order valence-electron chi connectivity index (χ3n) is 3.48. The van der Waals surface area contributed by atoms with E-state index < -0.39 is 10.1 Å². The van der Waals surface area contributed by atoms with Crippen molar-refractivity contribution in [2.24, 2.45) is 0 Å². The maximum absolute atomic E-state index is 9.50. The van der Waals surface area contributed by atoms with Gasteiger partial charge in [-0.1, -0.05) is 24.3 Å². The normalized spacial score (nSPS) is 11.5. The van der Waals surface area contributed by atoms with Crippen LogP contribution in [0.3, 0.4) is 0 Å². The Hall–Kier alpha value is -1.93.